The van der Waals surface area contributed by atoms with Gasteiger partial charge in [-0.05, 0) is 88.2 Å². The number of halogens is 3. The van der Waals surface area contributed by atoms with Crippen LogP contribution in [0.15, 0.2) is 23.0 Å². The van der Waals surface area contributed by atoms with Crippen LogP contribution in [0.2, 0.25) is 0 Å². The van der Waals surface area contributed by atoms with Gasteiger partial charge in [-0.2, -0.15) is 13.2 Å². The molecule has 4 fully saturated rings. The highest BCUT2D eigenvalue weighted by Crippen LogP contribution is 2.67. The molecule has 1 aromatic rings. The van der Waals surface area contributed by atoms with Gasteiger partial charge in [-0.15, -0.1) is 0 Å². The Labute approximate surface area is 251 Å². The molecule has 0 aromatic heterocycles. The van der Waals surface area contributed by atoms with Crippen molar-refractivity contribution in [3.05, 3.63) is 45.2 Å². The van der Waals surface area contributed by atoms with E-state index in [1.54, 1.807) is 21.1 Å². The fourth-order valence-corrected chi connectivity index (χ4v) is 9.61. The summed E-state index contributed by atoms with van der Waals surface area (Å²) in [7, 11) is 4.95. The number of nitrogens with zero attached hydrogens (tertiary/aromatic N) is 2. The van der Waals surface area contributed by atoms with Gasteiger partial charge in [-0.25, -0.2) is 0 Å². The highest BCUT2D eigenvalue weighted by Gasteiger charge is 2.86. The molecule has 44 heavy (non-hydrogen) atoms. The Hall–Kier alpha value is -3.13. The molecule has 3 saturated carbocycles. The number of benzene rings is 1. The van der Waals surface area contributed by atoms with Gasteiger partial charge in [0.1, 0.15) is 22.8 Å². The van der Waals surface area contributed by atoms with Crippen molar-refractivity contribution in [1.29, 1.82) is 0 Å². The van der Waals surface area contributed by atoms with Crippen molar-refractivity contribution in [3.8, 4) is 5.75 Å². The first-order valence-corrected chi connectivity index (χ1v) is 15.0. The Balaban J connectivity index is 1.34. The van der Waals surface area contributed by atoms with Gasteiger partial charge in [0.2, 0.25) is 11.6 Å². The standard InChI is InChI=1S/C31H36F3N3O7/c1-36(2)24-17-9-14-8-16-21(25(39)20(14)27(41)29(17)30(43,44-29)23(26(24)40)28(35)42)19(38)10-15(22(16)31(32,33)34)11-37(3)18-7-12-4-5-13(18)6-12/h10,12-14,17-18,24,38-40,43H,4-9,11H2,1-3H3,(H2,35,42)/t12?,13?,14-,17-,18-,24-,29-,30?/m0/s1. The minimum Gasteiger partial charge on any atom is -0.510 e. The third-order valence-electron chi connectivity index (χ3n) is 11.3. The van der Waals surface area contributed by atoms with Crippen LogP contribution in [0, 0.1) is 23.7 Å². The number of aliphatic hydroxyl groups excluding tert-OH is 2. The Kier molecular flexibility index (Phi) is 6.19. The lowest BCUT2D eigenvalue weighted by molar-refractivity contribution is -0.139. The highest BCUT2D eigenvalue weighted by molar-refractivity contribution is 6.14. The molecule has 1 aromatic carbocycles. The third kappa shape index (κ3) is 3.69. The van der Waals surface area contributed by atoms with Crippen molar-refractivity contribution >= 4 is 17.4 Å². The van der Waals surface area contributed by atoms with Crippen LogP contribution in [0.3, 0.4) is 0 Å². The second-order valence-corrected chi connectivity index (χ2v) is 13.8. The average molecular weight is 620 g/mol. The SMILES string of the molecule is CN(C)[C@@H]1C(O)=C(C(N)=O)C2(O)O[C@@]23C(=O)C2=C(O)c4c(O)cc(CN(C)[C@H]5CC6CCC5C6)c(C(F)(F)F)c4C[C@H]2C[C@@H]13. The number of fused-ring (bicyclic) bond motifs is 4. The zero-order valence-electron chi connectivity index (χ0n) is 24.6. The van der Waals surface area contributed by atoms with E-state index in [1.807, 2.05) is 4.90 Å². The number of alkyl halides is 3. The van der Waals surface area contributed by atoms with Crippen LogP contribution in [0.25, 0.3) is 5.76 Å². The number of amides is 1. The van der Waals surface area contributed by atoms with Crippen LogP contribution in [0.5, 0.6) is 5.75 Å². The van der Waals surface area contributed by atoms with Crippen molar-refractivity contribution in [2.75, 3.05) is 21.1 Å². The van der Waals surface area contributed by atoms with E-state index in [0.717, 1.165) is 31.7 Å². The minimum absolute atomic E-state index is 0.0472. The van der Waals surface area contributed by atoms with Crippen LogP contribution >= 0.6 is 0 Å². The minimum atomic E-state index is -4.82. The fourth-order valence-electron chi connectivity index (χ4n) is 9.61. The molecule has 3 unspecified atom stereocenters. The number of ether oxygens (including phenoxy) is 1. The topological polar surface area (TPSA) is 160 Å². The van der Waals surface area contributed by atoms with Crippen LogP contribution in [-0.2, 0) is 33.5 Å². The van der Waals surface area contributed by atoms with E-state index in [1.165, 1.54) is 4.90 Å². The molecule has 1 spiro atoms. The van der Waals surface area contributed by atoms with Gasteiger partial charge >= 0.3 is 6.18 Å². The van der Waals surface area contributed by atoms with Crippen LogP contribution in [0.4, 0.5) is 13.2 Å². The summed E-state index contributed by atoms with van der Waals surface area (Å²) in [5.74, 6) is -7.59. The van der Waals surface area contributed by atoms with Gasteiger partial charge in [-0.1, -0.05) is 6.42 Å². The molecule has 1 saturated heterocycles. The largest absolute Gasteiger partial charge is 0.510 e. The van der Waals surface area contributed by atoms with Crippen molar-refractivity contribution in [2.24, 2.45) is 29.4 Å². The van der Waals surface area contributed by atoms with Crippen LogP contribution in [0.1, 0.15) is 54.4 Å². The zero-order valence-corrected chi connectivity index (χ0v) is 24.6. The number of ketones is 1. The predicted molar refractivity (Wildman–Crippen MR) is 149 cm³/mol. The Morgan fingerprint density at radius 3 is 2.41 bits per heavy atom. The molecule has 0 radical (unpaired) electrons. The maximum absolute atomic E-state index is 14.9. The molecule has 2 bridgehead atoms. The maximum atomic E-state index is 14.9. The first-order chi connectivity index (χ1) is 20.5. The number of hydrogen-bond acceptors (Lipinski definition) is 9. The van der Waals surface area contributed by atoms with E-state index in [4.69, 9.17) is 10.5 Å². The summed E-state index contributed by atoms with van der Waals surface area (Å²) in [4.78, 5) is 29.9. The number of aromatic hydroxyl groups is 1. The number of epoxide rings is 1. The van der Waals surface area contributed by atoms with Gasteiger partial charge in [0.15, 0.2) is 5.60 Å². The smallest absolute Gasteiger partial charge is 0.417 e. The van der Waals surface area contributed by atoms with Crippen molar-refractivity contribution in [1.82, 2.24) is 9.80 Å². The van der Waals surface area contributed by atoms with Gasteiger partial charge in [-0.3, -0.25) is 19.4 Å². The number of hydrogen-bond donors (Lipinski definition) is 5. The van der Waals surface area contributed by atoms with E-state index < -0.39 is 81.1 Å². The van der Waals surface area contributed by atoms with E-state index in [0.29, 0.717) is 11.8 Å². The van der Waals surface area contributed by atoms with Gasteiger partial charge in [0.05, 0.1) is 17.2 Å². The van der Waals surface area contributed by atoms with Crippen LogP contribution < -0.4 is 5.73 Å². The highest BCUT2D eigenvalue weighted by atomic mass is 19.4. The molecule has 1 aliphatic heterocycles. The first-order valence-electron chi connectivity index (χ1n) is 15.0. The lowest BCUT2D eigenvalue weighted by atomic mass is 9.58. The number of Topliss-reactive ketones (excluding diaryl/α,β-unsaturated/α-hetero) is 1. The Morgan fingerprint density at radius 2 is 1.84 bits per heavy atom. The number of phenolic OH excluding ortho intramolecular Hbond substituents is 1. The second-order valence-electron chi connectivity index (χ2n) is 13.8. The zero-order chi connectivity index (χ0) is 31.8. The summed E-state index contributed by atoms with van der Waals surface area (Å²) in [6.07, 6.45) is -1.01. The molecular weight excluding hydrogens is 583 g/mol. The molecule has 6 N–H and O–H groups in total. The van der Waals surface area contributed by atoms with E-state index >= 15 is 0 Å². The molecule has 6 aliphatic rings. The predicted octanol–water partition coefficient (Wildman–Crippen LogP) is 2.76. The number of nitrogens with two attached hydrogens (primary N) is 1. The number of phenols is 1. The molecule has 238 valence electrons. The number of carbonyl (C=O) groups is 2. The summed E-state index contributed by atoms with van der Waals surface area (Å²) in [6.45, 7) is -0.0472. The normalized spacial score (nSPS) is 37.3. The summed E-state index contributed by atoms with van der Waals surface area (Å²) >= 11 is 0. The quantitative estimate of drug-likeness (QED) is 0.312. The van der Waals surface area contributed by atoms with E-state index in [-0.39, 0.29) is 42.1 Å². The molecule has 7 rings (SSSR count). The summed E-state index contributed by atoms with van der Waals surface area (Å²) < 4.78 is 50.3. The summed E-state index contributed by atoms with van der Waals surface area (Å²) in [5.41, 5.74) is 0.573. The van der Waals surface area contributed by atoms with Gasteiger partial charge in [0, 0.05) is 24.1 Å². The number of likely N-dealkylation sites (N-methyl/N-ethyl adjacent to an activating group) is 1. The Morgan fingerprint density at radius 1 is 1.14 bits per heavy atom. The molecule has 5 aliphatic carbocycles. The van der Waals surface area contributed by atoms with Crippen molar-refractivity contribution in [2.45, 2.75) is 74.7 Å². The van der Waals surface area contributed by atoms with Gasteiger partial charge in [0.25, 0.3) is 5.91 Å². The summed E-state index contributed by atoms with van der Waals surface area (Å²) in [5, 5.41) is 44.9. The molecule has 1 amide bonds. The fraction of sp³-hybridized carbons (Fsp3) is 0.613. The van der Waals surface area contributed by atoms with Crippen LogP contribution in [-0.4, -0.2) is 86.5 Å². The lowest BCUT2D eigenvalue weighted by Crippen LogP contribution is -2.60. The lowest BCUT2D eigenvalue weighted by Gasteiger charge is -2.46. The van der Waals surface area contributed by atoms with Gasteiger partial charge < -0.3 is 30.9 Å². The first kappa shape index (κ1) is 29.6. The summed E-state index contributed by atoms with van der Waals surface area (Å²) in [6, 6.07) is 0.138. The average Bonchev–Trinajstić information content (AvgIpc) is 3.18. The monoisotopic (exact) mass is 619 g/mol. The second kappa shape index (κ2) is 9.21. The number of carbonyl (C=O) groups excluding carboxylic acids is 2. The Bertz CT molecular complexity index is 1570. The third-order valence-corrected chi connectivity index (χ3v) is 11.3. The number of rotatable bonds is 5. The molecule has 10 nitrogen and oxygen atoms in total. The van der Waals surface area contributed by atoms with Crippen molar-refractivity contribution in [3.63, 3.8) is 0 Å². The number of primary amides is 1. The van der Waals surface area contributed by atoms with Crippen molar-refractivity contribution < 1.29 is 47.9 Å². The molecule has 1 heterocycles. The van der Waals surface area contributed by atoms with E-state index in [2.05, 4.69) is 0 Å². The molecule has 8 atom stereocenters. The van der Waals surface area contributed by atoms with E-state index in [9.17, 15) is 43.2 Å². The number of aliphatic hydroxyl groups is 3. The molecular formula is C31H36F3N3O7. The maximum Gasteiger partial charge on any atom is 0.417 e. The molecule has 13 heteroatoms.